The average molecular weight is 246 g/mol. The molecule has 1 fully saturated rings. The van der Waals surface area contributed by atoms with Gasteiger partial charge in [-0.3, -0.25) is 11.3 Å². The number of benzene rings is 1. The lowest BCUT2D eigenvalue weighted by molar-refractivity contribution is 0.485. The maximum absolute atomic E-state index is 5.72. The van der Waals surface area contributed by atoms with Gasteiger partial charge in [0.15, 0.2) is 0 Å². The molecule has 1 atom stereocenters. The third kappa shape index (κ3) is 2.37. The van der Waals surface area contributed by atoms with Crippen molar-refractivity contribution in [3.05, 3.63) is 35.2 Å². The highest BCUT2D eigenvalue weighted by atomic mass is 32.1. The molecule has 0 spiro atoms. The molecule has 1 heterocycles. The largest absolute Gasteiger partial charge is 0.271 e. The number of hydrogen-bond donors (Lipinski definition) is 2. The molecule has 3 N–H and O–H groups in total. The van der Waals surface area contributed by atoms with Crippen LogP contribution in [0.15, 0.2) is 29.6 Å². The lowest BCUT2D eigenvalue weighted by Gasteiger charge is -2.15. The van der Waals surface area contributed by atoms with Crippen LogP contribution in [0.25, 0.3) is 10.1 Å². The zero-order valence-electron chi connectivity index (χ0n) is 9.86. The fraction of sp³-hybridized carbons (Fsp3) is 0.429. The van der Waals surface area contributed by atoms with E-state index in [2.05, 4.69) is 35.1 Å². The molecule has 1 aromatic heterocycles. The number of hydrogen-bond acceptors (Lipinski definition) is 3. The molecule has 1 aromatic carbocycles. The molecule has 2 nitrogen and oxygen atoms in total. The lowest BCUT2D eigenvalue weighted by atomic mass is 10.0. The minimum absolute atomic E-state index is 0.312. The number of thiophene rings is 1. The van der Waals surface area contributed by atoms with Gasteiger partial charge in [0.25, 0.3) is 0 Å². The molecule has 2 aromatic rings. The van der Waals surface area contributed by atoms with Crippen LogP contribution in [0.5, 0.6) is 0 Å². The Balaban J connectivity index is 1.83. The summed E-state index contributed by atoms with van der Waals surface area (Å²) in [5, 5.41) is 3.61. The molecule has 0 saturated heterocycles. The van der Waals surface area contributed by atoms with Crippen LogP contribution in [-0.4, -0.2) is 0 Å². The Bertz CT molecular complexity index is 502. The van der Waals surface area contributed by atoms with Gasteiger partial charge in [0.1, 0.15) is 0 Å². The summed E-state index contributed by atoms with van der Waals surface area (Å²) in [5.41, 5.74) is 4.36. The average Bonchev–Trinajstić information content (AvgIpc) is 3.10. The Morgan fingerprint density at radius 2 is 2.18 bits per heavy atom. The first-order chi connectivity index (χ1) is 8.38. The molecule has 1 saturated carbocycles. The van der Waals surface area contributed by atoms with Crippen molar-refractivity contribution in [1.82, 2.24) is 5.43 Å². The van der Waals surface area contributed by atoms with E-state index < -0.39 is 0 Å². The summed E-state index contributed by atoms with van der Waals surface area (Å²) in [6.45, 7) is 0. The van der Waals surface area contributed by atoms with Crippen LogP contribution in [-0.2, 0) is 0 Å². The zero-order chi connectivity index (χ0) is 11.7. The van der Waals surface area contributed by atoms with Gasteiger partial charge in [0.2, 0.25) is 0 Å². The molecular weight excluding hydrogens is 228 g/mol. The second-order valence-electron chi connectivity index (χ2n) is 4.93. The summed E-state index contributed by atoms with van der Waals surface area (Å²) in [4.78, 5) is 0. The first kappa shape index (κ1) is 11.2. The molecule has 17 heavy (non-hydrogen) atoms. The highest BCUT2D eigenvalue weighted by Crippen LogP contribution is 2.37. The topological polar surface area (TPSA) is 38.0 Å². The smallest absolute Gasteiger partial charge is 0.0474 e. The van der Waals surface area contributed by atoms with Crippen molar-refractivity contribution in [2.75, 3.05) is 0 Å². The van der Waals surface area contributed by atoms with E-state index in [1.807, 2.05) is 11.3 Å². The molecule has 1 aliphatic carbocycles. The van der Waals surface area contributed by atoms with E-state index in [0.29, 0.717) is 6.04 Å². The molecule has 90 valence electrons. The number of rotatable bonds is 5. The summed E-state index contributed by atoms with van der Waals surface area (Å²) in [6.07, 6.45) is 5.30. The van der Waals surface area contributed by atoms with Gasteiger partial charge >= 0.3 is 0 Å². The number of nitrogens with two attached hydrogens (primary N) is 1. The molecule has 3 heteroatoms. The fourth-order valence-corrected chi connectivity index (χ4v) is 3.42. The Kier molecular flexibility index (Phi) is 3.14. The van der Waals surface area contributed by atoms with Crippen molar-refractivity contribution < 1.29 is 0 Å². The SMILES string of the molecule is NNC(CCC1CC1)c1csc2ccccc12. The van der Waals surface area contributed by atoms with E-state index in [-0.39, 0.29) is 0 Å². The summed E-state index contributed by atoms with van der Waals surface area (Å²) >= 11 is 1.81. The van der Waals surface area contributed by atoms with Crippen molar-refractivity contribution in [3.8, 4) is 0 Å². The van der Waals surface area contributed by atoms with Crippen LogP contribution < -0.4 is 11.3 Å². The Labute approximate surface area is 106 Å². The highest BCUT2D eigenvalue weighted by Gasteiger charge is 2.23. The first-order valence-electron chi connectivity index (χ1n) is 6.30. The minimum atomic E-state index is 0.312. The maximum Gasteiger partial charge on any atom is 0.0474 e. The third-order valence-electron chi connectivity index (χ3n) is 3.65. The fourth-order valence-electron chi connectivity index (χ4n) is 2.41. The normalized spacial score (nSPS) is 17.5. The predicted octanol–water partition coefficient (Wildman–Crippen LogP) is 3.60. The van der Waals surface area contributed by atoms with Crippen molar-refractivity contribution in [2.45, 2.75) is 31.7 Å². The standard InChI is InChI=1S/C14H18N2S/c15-16-13(8-7-10-5-6-10)12-9-17-14-4-2-1-3-11(12)14/h1-4,9-10,13,16H,5-8,15H2. The van der Waals surface area contributed by atoms with E-state index in [1.54, 1.807) is 0 Å². The number of fused-ring (bicyclic) bond motifs is 1. The zero-order valence-corrected chi connectivity index (χ0v) is 10.7. The molecule has 0 aliphatic heterocycles. The second-order valence-corrected chi connectivity index (χ2v) is 5.84. The summed E-state index contributed by atoms with van der Waals surface area (Å²) in [5.74, 6) is 6.68. The molecule has 0 radical (unpaired) electrons. The van der Waals surface area contributed by atoms with E-state index in [4.69, 9.17) is 5.84 Å². The van der Waals surface area contributed by atoms with Crippen molar-refractivity contribution >= 4 is 21.4 Å². The quantitative estimate of drug-likeness (QED) is 0.625. The van der Waals surface area contributed by atoms with Crippen LogP contribution in [0, 0.1) is 5.92 Å². The van der Waals surface area contributed by atoms with Gasteiger partial charge < -0.3 is 0 Å². The number of nitrogens with one attached hydrogen (secondary N) is 1. The Morgan fingerprint density at radius 1 is 1.35 bits per heavy atom. The summed E-state index contributed by atoms with van der Waals surface area (Å²) in [6, 6.07) is 8.89. The third-order valence-corrected chi connectivity index (χ3v) is 4.63. The second kappa shape index (κ2) is 4.77. The summed E-state index contributed by atoms with van der Waals surface area (Å²) < 4.78 is 1.36. The molecule has 0 bridgehead atoms. The van der Waals surface area contributed by atoms with E-state index in [0.717, 1.165) is 12.3 Å². The summed E-state index contributed by atoms with van der Waals surface area (Å²) in [7, 11) is 0. The van der Waals surface area contributed by atoms with Crippen molar-refractivity contribution in [1.29, 1.82) is 0 Å². The van der Waals surface area contributed by atoms with Gasteiger partial charge in [-0.1, -0.05) is 31.0 Å². The van der Waals surface area contributed by atoms with Crippen molar-refractivity contribution in [2.24, 2.45) is 11.8 Å². The van der Waals surface area contributed by atoms with Gasteiger partial charge in [-0.2, -0.15) is 0 Å². The molecule has 0 amide bonds. The van der Waals surface area contributed by atoms with Crippen molar-refractivity contribution in [3.63, 3.8) is 0 Å². The van der Waals surface area contributed by atoms with Gasteiger partial charge in [-0.25, -0.2) is 0 Å². The van der Waals surface area contributed by atoms with E-state index in [9.17, 15) is 0 Å². The number of hydrazine groups is 1. The monoisotopic (exact) mass is 246 g/mol. The molecular formula is C14H18N2S. The molecule has 3 rings (SSSR count). The first-order valence-corrected chi connectivity index (χ1v) is 7.18. The van der Waals surface area contributed by atoms with Crippen LogP contribution >= 0.6 is 11.3 Å². The van der Waals surface area contributed by atoms with Gasteiger partial charge in [0.05, 0.1) is 0 Å². The van der Waals surface area contributed by atoms with Gasteiger partial charge in [-0.15, -0.1) is 11.3 Å². The molecule has 1 aliphatic rings. The highest BCUT2D eigenvalue weighted by molar-refractivity contribution is 7.17. The Hall–Kier alpha value is -0.900. The van der Waals surface area contributed by atoms with Gasteiger partial charge in [0, 0.05) is 10.7 Å². The lowest BCUT2D eigenvalue weighted by Crippen LogP contribution is -2.27. The molecule has 1 unspecified atom stereocenters. The maximum atomic E-state index is 5.72. The van der Waals surface area contributed by atoms with Crippen LogP contribution in [0.3, 0.4) is 0 Å². The van der Waals surface area contributed by atoms with Crippen LogP contribution in [0.4, 0.5) is 0 Å². The van der Waals surface area contributed by atoms with Gasteiger partial charge in [-0.05, 0) is 41.2 Å². The predicted molar refractivity (Wildman–Crippen MR) is 73.8 cm³/mol. The van der Waals surface area contributed by atoms with E-state index >= 15 is 0 Å². The minimum Gasteiger partial charge on any atom is -0.271 e. The van der Waals surface area contributed by atoms with E-state index in [1.165, 1.54) is 34.9 Å². The van der Waals surface area contributed by atoms with Crippen LogP contribution in [0.2, 0.25) is 0 Å². The Morgan fingerprint density at radius 3 is 2.94 bits per heavy atom. The van der Waals surface area contributed by atoms with Crippen LogP contribution in [0.1, 0.15) is 37.3 Å².